The van der Waals surface area contributed by atoms with E-state index in [2.05, 4.69) is 188 Å². The van der Waals surface area contributed by atoms with Crippen molar-refractivity contribution in [3.63, 3.8) is 0 Å². The average Bonchev–Trinajstić information content (AvgIpc) is 3.81. The van der Waals surface area contributed by atoms with Gasteiger partial charge < -0.3 is 0 Å². The second-order valence-electron chi connectivity index (χ2n) is 14.5. The third kappa shape index (κ3) is 5.09. The van der Waals surface area contributed by atoms with Gasteiger partial charge in [0.25, 0.3) is 0 Å². The van der Waals surface area contributed by atoms with Gasteiger partial charge in [-0.1, -0.05) is 188 Å². The Balaban J connectivity index is 1.04. The second-order valence-corrected chi connectivity index (χ2v) is 15.5. The molecule has 0 spiro atoms. The van der Waals surface area contributed by atoms with Gasteiger partial charge in [0.2, 0.25) is 0 Å². The van der Waals surface area contributed by atoms with E-state index in [9.17, 15) is 0 Å². The molecule has 10 aromatic rings. The first kappa shape index (κ1) is 32.5. The smallest absolute Gasteiger partial charge is 0.160 e. The van der Waals surface area contributed by atoms with Crippen LogP contribution in [0.2, 0.25) is 0 Å². The van der Waals surface area contributed by atoms with Gasteiger partial charge in [-0.05, 0) is 62.7 Å². The van der Waals surface area contributed by atoms with Crippen molar-refractivity contribution in [2.75, 3.05) is 0 Å². The van der Waals surface area contributed by atoms with E-state index in [-0.39, 0.29) is 0 Å². The lowest BCUT2D eigenvalue weighted by Gasteiger charge is -2.34. The zero-order valence-electron chi connectivity index (χ0n) is 30.4. The summed E-state index contributed by atoms with van der Waals surface area (Å²) < 4.78 is 2.52. The lowest BCUT2D eigenvalue weighted by Crippen LogP contribution is -2.28. The van der Waals surface area contributed by atoms with E-state index < -0.39 is 5.41 Å². The summed E-state index contributed by atoms with van der Waals surface area (Å²) in [7, 11) is 0. The fourth-order valence-electron chi connectivity index (χ4n) is 8.86. The molecule has 0 atom stereocenters. The predicted octanol–water partition coefficient (Wildman–Crippen LogP) is 13.9. The second kappa shape index (κ2) is 13.1. The predicted molar refractivity (Wildman–Crippen MR) is 234 cm³/mol. The van der Waals surface area contributed by atoms with Crippen molar-refractivity contribution in [2.24, 2.45) is 0 Å². The molecule has 11 rings (SSSR count). The van der Waals surface area contributed by atoms with Gasteiger partial charge in [0.1, 0.15) is 0 Å². The first-order valence-electron chi connectivity index (χ1n) is 19.1. The third-order valence-corrected chi connectivity index (χ3v) is 12.6. The number of hydrogen-bond donors (Lipinski definition) is 0. The molecule has 0 aliphatic heterocycles. The van der Waals surface area contributed by atoms with Crippen molar-refractivity contribution in [1.82, 2.24) is 9.97 Å². The molecule has 0 amide bonds. The molecule has 0 saturated carbocycles. The number of hydrogen-bond acceptors (Lipinski definition) is 3. The van der Waals surface area contributed by atoms with Gasteiger partial charge in [0.05, 0.1) is 16.8 Å². The summed E-state index contributed by atoms with van der Waals surface area (Å²) >= 11 is 1.83. The van der Waals surface area contributed by atoms with Crippen LogP contribution in [0.1, 0.15) is 22.3 Å². The monoisotopic (exact) mass is 730 g/mol. The van der Waals surface area contributed by atoms with Gasteiger partial charge in [-0.25, -0.2) is 9.97 Å². The lowest BCUT2D eigenvalue weighted by molar-refractivity contribution is 0.769. The summed E-state index contributed by atoms with van der Waals surface area (Å²) in [5.74, 6) is 0.719. The molecule has 262 valence electrons. The molecule has 56 heavy (non-hydrogen) atoms. The van der Waals surface area contributed by atoms with E-state index >= 15 is 0 Å². The van der Waals surface area contributed by atoms with Crippen molar-refractivity contribution in [3.8, 4) is 56.2 Å². The standard InChI is InChI=1S/C53H34N2S/c1-4-15-37(16-5-1)52-54-48(34-49(55-52)45-24-14-23-44-43-22-11-13-26-50(43)56-51(44)45)36-29-27-35(28-30-36)38-31-32-42-41-21-10-12-25-46(41)53(47(42)33-38,39-17-6-2-7-18-39)40-19-8-3-9-20-40/h1-34H. The van der Waals surface area contributed by atoms with E-state index in [4.69, 9.17) is 9.97 Å². The van der Waals surface area contributed by atoms with Crippen LogP contribution in [0, 0.1) is 0 Å². The highest BCUT2D eigenvalue weighted by molar-refractivity contribution is 7.26. The van der Waals surface area contributed by atoms with Crippen LogP contribution in [-0.2, 0) is 5.41 Å². The van der Waals surface area contributed by atoms with Crippen LogP contribution in [0.3, 0.4) is 0 Å². The molecule has 0 radical (unpaired) electrons. The Morgan fingerprint density at radius 1 is 0.357 bits per heavy atom. The number of aromatic nitrogens is 2. The summed E-state index contributed by atoms with van der Waals surface area (Å²) in [4.78, 5) is 10.4. The molecule has 1 aliphatic rings. The molecule has 1 aliphatic carbocycles. The highest BCUT2D eigenvalue weighted by Crippen LogP contribution is 2.56. The maximum Gasteiger partial charge on any atom is 0.160 e. The Morgan fingerprint density at radius 2 is 0.929 bits per heavy atom. The molecular weight excluding hydrogens is 697 g/mol. The first-order chi connectivity index (χ1) is 27.8. The lowest BCUT2D eigenvalue weighted by atomic mass is 9.67. The van der Waals surface area contributed by atoms with Gasteiger partial charge >= 0.3 is 0 Å². The Hall–Kier alpha value is -6.94. The Bertz CT molecular complexity index is 3020. The normalized spacial score (nSPS) is 12.8. The summed E-state index contributed by atoms with van der Waals surface area (Å²) in [6, 6.07) is 74.5. The van der Waals surface area contributed by atoms with Crippen LogP contribution < -0.4 is 0 Å². The first-order valence-corrected chi connectivity index (χ1v) is 19.9. The number of rotatable bonds is 6. The van der Waals surface area contributed by atoms with Crippen molar-refractivity contribution in [1.29, 1.82) is 0 Å². The molecule has 2 heterocycles. The van der Waals surface area contributed by atoms with Crippen LogP contribution in [0.15, 0.2) is 206 Å². The minimum atomic E-state index is -0.438. The van der Waals surface area contributed by atoms with E-state index in [1.165, 1.54) is 59.1 Å². The molecule has 0 saturated heterocycles. The summed E-state index contributed by atoms with van der Waals surface area (Å²) in [5.41, 5.74) is 14.6. The van der Waals surface area contributed by atoms with Gasteiger partial charge in [-0.15, -0.1) is 11.3 Å². The third-order valence-electron chi connectivity index (χ3n) is 11.4. The van der Waals surface area contributed by atoms with Crippen molar-refractivity contribution >= 4 is 31.5 Å². The van der Waals surface area contributed by atoms with Crippen LogP contribution in [0.5, 0.6) is 0 Å². The summed E-state index contributed by atoms with van der Waals surface area (Å²) in [6.07, 6.45) is 0. The van der Waals surface area contributed by atoms with E-state index in [1.54, 1.807) is 0 Å². The Labute approximate surface area is 330 Å². The average molecular weight is 731 g/mol. The fourth-order valence-corrected chi connectivity index (χ4v) is 10.1. The van der Waals surface area contributed by atoms with Crippen LogP contribution in [-0.4, -0.2) is 9.97 Å². The number of nitrogens with zero attached hydrogens (tertiary/aromatic N) is 2. The highest BCUT2D eigenvalue weighted by atomic mass is 32.1. The fraction of sp³-hybridized carbons (Fsp3) is 0.0189. The molecule has 0 unspecified atom stereocenters. The Kier molecular flexibility index (Phi) is 7.61. The molecule has 3 heteroatoms. The molecular formula is C53H34N2S. The van der Waals surface area contributed by atoms with Crippen molar-refractivity contribution < 1.29 is 0 Å². The van der Waals surface area contributed by atoms with Gasteiger partial charge in [0.15, 0.2) is 5.82 Å². The maximum absolute atomic E-state index is 5.19. The zero-order chi connectivity index (χ0) is 37.1. The zero-order valence-corrected chi connectivity index (χ0v) is 31.2. The van der Waals surface area contributed by atoms with E-state index in [0.717, 1.165) is 39.5 Å². The van der Waals surface area contributed by atoms with E-state index in [1.807, 2.05) is 29.5 Å². The van der Waals surface area contributed by atoms with Crippen LogP contribution in [0.4, 0.5) is 0 Å². The minimum Gasteiger partial charge on any atom is -0.228 e. The molecule has 0 fully saturated rings. The molecule has 2 nitrogen and oxygen atoms in total. The highest BCUT2D eigenvalue weighted by Gasteiger charge is 2.46. The topological polar surface area (TPSA) is 25.8 Å². The summed E-state index contributed by atoms with van der Waals surface area (Å²) in [5, 5.41) is 2.54. The molecule has 0 bridgehead atoms. The largest absolute Gasteiger partial charge is 0.228 e. The van der Waals surface area contributed by atoms with Gasteiger partial charge in [-0.2, -0.15) is 0 Å². The number of benzene rings is 8. The van der Waals surface area contributed by atoms with Crippen molar-refractivity contribution in [3.05, 3.63) is 229 Å². The minimum absolute atomic E-state index is 0.438. The maximum atomic E-state index is 5.19. The van der Waals surface area contributed by atoms with Crippen molar-refractivity contribution in [2.45, 2.75) is 5.41 Å². The Morgan fingerprint density at radius 3 is 1.70 bits per heavy atom. The molecule has 8 aromatic carbocycles. The van der Waals surface area contributed by atoms with Gasteiger partial charge in [-0.3, -0.25) is 0 Å². The number of thiophene rings is 1. The SMILES string of the molecule is c1ccc(-c2nc(-c3ccc(-c4ccc5c(c4)C(c4ccccc4)(c4ccccc4)c4ccccc4-5)cc3)cc(-c3cccc4c3sc3ccccc34)n2)cc1. The molecule has 2 aromatic heterocycles. The van der Waals surface area contributed by atoms with E-state index in [0.29, 0.717) is 0 Å². The van der Waals surface area contributed by atoms with Crippen LogP contribution >= 0.6 is 11.3 Å². The van der Waals surface area contributed by atoms with Gasteiger partial charge in [0, 0.05) is 36.9 Å². The molecule has 0 N–H and O–H groups in total. The van der Waals surface area contributed by atoms with Crippen LogP contribution in [0.25, 0.3) is 76.3 Å². The summed E-state index contributed by atoms with van der Waals surface area (Å²) in [6.45, 7) is 0. The quantitative estimate of drug-likeness (QED) is 0.170. The number of fused-ring (bicyclic) bond motifs is 6.